The fourth-order valence-corrected chi connectivity index (χ4v) is 10.8. The first-order valence-corrected chi connectivity index (χ1v) is 24.4. The fraction of sp³-hybridized carbons (Fsp3) is 0.312. The van der Waals surface area contributed by atoms with Crippen LogP contribution in [0, 0.1) is 6.54 Å². The number of para-hydroxylation sites is 1. The number of benzene rings is 4. The molecule has 0 bridgehead atoms. The monoisotopic (exact) mass is 861 g/mol. The van der Waals surface area contributed by atoms with Crippen LogP contribution >= 0.6 is 19.4 Å². The van der Waals surface area contributed by atoms with Crippen molar-refractivity contribution < 1.29 is 23.0 Å². The Labute approximate surface area is 342 Å². The quantitative estimate of drug-likeness (QED) is 0.126. The molecule has 1 aromatic heterocycles. The fourth-order valence-electron chi connectivity index (χ4n) is 8.36. The maximum Gasteiger partial charge on any atom is 0.0267 e. The van der Waals surface area contributed by atoms with Gasteiger partial charge < -0.3 is 14.4 Å². The van der Waals surface area contributed by atoms with Crippen molar-refractivity contribution in [1.29, 1.82) is 0 Å². The minimum absolute atomic E-state index is 0.0312. The molecule has 0 radical (unpaired) electrons. The van der Waals surface area contributed by atoms with E-state index in [0.717, 1.165) is 34.9 Å². The van der Waals surface area contributed by atoms with Crippen LogP contribution in [-0.4, -0.2) is 28.8 Å². The smallest absolute Gasteiger partial charge is 0.0267 e. The number of hydrogen-bond acceptors (Lipinski definition) is 4. The molecule has 1 fully saturated rings. The number of anilines is 1. The molecular weight excluding hydrogens is 809 g/mol. The Morgan fingerprint density at radius 2 is 1.33 bits per heavy atom. The molecule has 1 unspecified atom stereocenters. The third-order valence-electron chi connectivity index (χ3n) is 10.9. The molecule has 1 saturated heterocycles. The molecule has 4 aromatic carbocycles. The van der Waals surface area contributed by atoms with E-state index in [9.17, 15) is 0 Å². The van der Waals surface area contributed by atoms with Crippen molar-refractivity contribution in [2.75, 3.05) is 19.1 Å². The Kier molecular flexibility index (Phi) is 13.1. The van der Waals surface area contributed by atoms with Crippen LogP contribution in [0.25, 0.3) is 5.57 Å². The van der Waals surface area contributed by atoms with Crippen LogP contribution in [0.5, 0.6) is 11.5 Å². The van der Waals surface area contributed by atoms with E-state index < -0.39 is 13.5 Å². The molecule has 0 amide bonds. The molecule has 55 heavy (non-hydrogen) atoms. The zero-order valence-electron chi connectivity index (χ0n) is 33.2. The second-order valence-electron chi connectivity index (χ2n) is 15.6. The summed E-state index contributed by atoms with van der Waals surface area (Å²) in [5.41, 5.74) is 12.0. The number of fused-ring (bicyclic) bond motifs is 3. The summed E-state index contributed by atoms with van der Waals surface area (Å²) in [5.74, 6) is 2.63. The number of aromatic nitrogens is 1. The van der Waals surface area contributed by atoms with Gasteiger partial charge in [-0.1, -0.05) is 63.9 Å². The standard InChI is InChI=1S/C28H38NO2.C15H10.C5H5N.2ClH.Ru/c1-18(2)21-10-9-11-22(19(3)4)26(21)29-17-28(16-27(29,5)6)13-12-20-14-24(30-7)25(31-8)15-23(20)28;1-2-6-12(7-3-1)15-11-10-13-8-4-5-9-14(13)15;1-2-4-6-5-3-1;;;/h9-11,14-15,17-19H,12-13,16H2,1-8H3;1-9,11H;1-5H;2*1H;/q-1;;;;;+2/p-2. The molecule has 0 N–H and O–H groups in total. The van der Waals surface area contributed by atoms with Crippen molar-refractivity contribution in [2.45, 2.75) is 83.6 Å². The minimum Gasteiger partial charge on any atom is -0.265 e. The topological polar surface area (TPSA) is 34.6 Å². The Bertz CT molecular complexity index is 2110. The number of rotatable bonds is 6. The maximum atomic E-state index is 6.19. The van der Waals surface area contributed by atoms with Gasteiger partial charge in [-0.2, -0.15) is 0 Å². The maximum absolute atomic E-state index is 6.19. The van der Waals surface area contributed by atoms with Crippen molar-refractivity contribution in [3.8, 4) is 11.5 Å². The summed E-state index contributed by atoms with van der Waals surface area (Å²) < 4.78 is 12.4. The predicted octanol–water partition coefficient (Wildman–Crippen LogP) is 12.6. The molecule has 3 aliphatic rings. The number of ether oxygens (including phenoxy) is 2. The number of pyridine rings is 1. The van der Waals surface area contributed by atoms with Crippen LogP contribution in [0.15, 0.2) is 122 Å². The number of halogens is 2. The first-order valence-electron chi connectivity index (χ1n) is 19.0. The molecule has 1 aliphatic heterocycles. The summed E-state index contributed by atoms with van der Waals surface area (Å²) in [6.07, 6.45) is 8.98. The zero-order chi connectivity index (χ0) is 39.3. The van der Waals surface area contributed by atoms with Gasteiger partial charge in [0.2, 0.25) is 0 Å². The SMILES string of the molecule is COc1cc2c(cc1OC)C1([CH-]N(c3c(C(C)C)cccc3C(C)C)C(C)(C)C1)CC2.[Cl][Ru]([Cl])=[C]1C=C(c2ccccc2)c2ccccc21.c1ccncc1. The summed E-state index contributed by atoms with van der Waals surface area (Å²) in [7, 11) is 15.8. The third-order valence-corrected chi connectivity index (χ3v) is 14.0. The average Bonchev–Trinajstić information content (AvgIpc) is 3.84. The van der Waals surface area contributed by atoms with E-state index >= 15 is 0 Å². The van der Waals surface area contributed by atoms with Crippen LogP contribution in [0.2, 0.25) is 0 Å². The second-order valence-corrected chi connectivity index (χ2v) is 21.4. The molecule has 2 heterocycles. The molecule has 5 aromatic rings. The molecular formula is C48H53Cl2N2O2Ru-. The molecule has 290 valence electrons. The largest absolute Gasteiger partial charge is 0.265 e. The predicted molar refractivity (Wildman–Crippen MR) is 230 cm³/mol. The second kappa shape index (κ2) is 17.6. The van der Waals surface area contributed by atoms with Gasteiger partial charge in [0.25, 0.3) is 0 Å². The summed E-state index contributed by atoms with van der Waals surface area (Å²) in [5, 5.41) is 0. The van der Waals surface area contributed by atoms with Gasteiger partial charge in [-0.15, -0.1) is 5.41 Å². The van der Waals surface area contributed by atoms with Gasteiger partial charge in [0.05, 0.1) is 14.2 Å². The summed E-state index contributed by atoms with van der Waals surface area (Å²) in [4.78, 5) is 6.40. The number of methoxy groups -OCH3 is 2. The van der Waals surface area contributed by atoms with E-state index in [2.05, 4.69) is 125 Å². The van der Waals surface area contributed by atoms with Gasteiger partial charge in [0, 0.05) is 23.6 Å². The molecule has 2 aliphatic carbocycles. The summed E-state index contributed by atoms with van der Waals surface area (Å²) in [6, 6.07) is 35.7. The Hall–Kier alpha value is -3.76. The van der Waals surface area contributed by atoms with Gasteiger partial charge in [-0.3, -0.25) is 4.98 Å². The van der Waals surface area contributed by atoms with Crippen LogP contribution in [0.1, 0.15) is 105 Å². The van der Waals surface area contributed by atoms with Gasteiger partial charge in [-0.05, 0) is 79.5 Å². The van der Waals surface area contributed by atoms with Crippen LogP contribution in [0.3, 0.4) is 0 Å². The first kappa shape index (κ1) is 40.9. The van der Waals surface area contributed by atoms with Gasteiger partial charge in [-0.25, -0.2) is 6.54 Å². The minimum atomic E-state index is -1.88. The van der Waals surface area contributed by atoms with Crippen molar-refractivity contribution in [3.63, 3.8) is 0 Å². The Morgan fingerprint density at radius 3 is 1.87 bits per heavy atom. The first-order chi connectivity index (χ1) is 26.4. The molecule has 7 heteroatoms. The Morgan fingerprint density at radius 1 is 0.745 bits per heavy atom. The van der Waals surface area contributed by atoms with Crippen molar-refractivity contribution >= 4 is 34.7 Å². The zero-order valence-corrected chi connectivity index (χ0v) is 36.5. The molecule has 4 nitrogen and oxygen atoms in total. The number of hydrogen-bond donors (Lipinski definition) is 0. The van der Waals surface area contributed by atoms with E-state index in [4.69, 9.17) is 28.9 Å². The van der Waals surface area contributed by atoms with E-state index in [1.54, 1.807) is 26.6 Å². The van der Waals surface area contributed by atoms with E-state index in [0.29, 0.717) is 11.8 Å². The van der Waals surface area contributed by atoms with E-state index in [-0.39, 0.29) is 11.0 Å². The van der Waals surface area contributed by atoms with Crippen molar-refractivity contribution in [1.82, 2.24) is 4.98 Å². The van der Waals surface area contributed by atoms with Gasteiger partial charge >= 0.3 is 120 Å². The van der Waals surface area contributed by atoms with E-state index in [1.807, 2.05) is 42.5 Å². The number of aryl methyl sites for hydroxylation is 1. The molecule has 0 saturated carbocycles. The normalized spacial score (nSPS) is 17.9. The van der Waals surface area contributed by atoms with Gasteiger partial charge in [0.15, 0.2) is 11.5 Å². The van der Waals surface area contributed by atoms with Crippen LogP contribution in [0.4, 0.5) is 5.69 Å². The van der Waals surface area contributed by atoms with Crippen LogP contribution in [-0.2, 0) is 25.4 Å². The Balaban J connectivity index is 0.000000178. The average molecular weight is 862 g/mol. The number of allylic oxidation sites excluding steroid dienone is 1. The summed E-state index contributed by atoms with van der Waals surface area (Å²) in [6.45, 7) is 16.6. The number of nitrogens with zero attached hydrogens (tertiary/aromatic N) is 2. The van der Waals surface area contributed by atoms with E-state index in [1.165, 1.54) is 50.2 Å². The molecule has 1 atom stereocenters. The van der Waals surface area contributed by atoms with Crippen molar-refractivity contribution in [3.05, 3.63) is 167 Å². The van der Waals surface area contributed by atoms with Crippen molar-refractivity contribution in [2.24, 2.45) is 0 Å². The summed E-state index contributed by atoms with van der Waals surface area (Å²) >= 11 is -1.88. The molecule has 8 rings (SSSR count). The third kappa shape index (κ3) is 8.65. The van der Waals surface area contributed by atoms with Gasteiger partial charge in [0.1, 0.15) is 0 Å². The van der Waals surface area contributed by atoms with Crippen LogP contribution < -0.4 is 14.4 Å². The molecule has 1 spiro atoms.